The Kier molecular flexibility index (Phi) is 3.57. The summed E-state index contributed by atoms with van der Waals surface area (Å²) in [6, 6.07) is 10.1. The van der Waals surface area contributed by atoms with Gasteiger partial charge in [-0.15, -0.1) is 0 Å². The summed E-state index contributed by atoms with van der Waals surface area (Å²) in [5.74, 6) is 0.379. The summed E-state index contributed by atoms with van der Waals surface area (Å²) in [5.41, 5.74) is 1.94. The van der Waals surface area contributed by atoms with Crippen LogP contribution in [0.15, 0.2) is 34.8 Å². The first kappa shape index (κ1) is 12.2. The fourth-order valence-corrected chi connectivity index (χ4v) is 2.27. The van der Waals surface area contributed by atoms with Crippen LogP contribution < -0.4 is 0 Å². The second kappa shape index (κ2) is 4.96. The number of halogens is 1. The number of fused-ring (bicyclic) bond motifs is 1. The van der Waals surface area contributed by atoms with Crippen molar-refractivity contribution in [2.75, 3.05) is 0 Å². The lowest BCUT2D eigenvalue weighted by Crippen LogP contribution is -2.02. The Balaban J connectivity index is 2.39. The number of carbonyl (C=O) groups is 1. The van der Waals surface area contributed by atoms with E-state index in [1.165, 1.54) is 0 Å². The topological polar surface area (TPSA) is 30.0 Å². The minimum absolute atomic E-state index is 0.177. The van der Waals surface area contributed by atoms with Gasteiger partial charge in [-0.25, -0.2) is 0 Å². The molecule has 0 radical (unpaired) electrons. The molecule has 0 saturated heterocycles. The molecule has 1 aromatic carbocycles. The SMILES string of the molecule is CC(=O)C[C@H](C)c1ccc2ccc(Br)cc2n1. The first-order valence-electron chi connectivity index (χ1n) is 5.62. The largest absolute Gasteiger partial charge is 0.300 e. The molecule has 0 saturated carbocycles. The fraction of sp³-hybridized carbons (Fsp3) is 0.286. The molecule has 17 heavy (non-hydrogen) atoms. The van der Waals surface area contributed by atoms with E-state index < -0.39 is 0 Å². The quantitative estimate of drug-likeness (QED) is 0.853. The molecule has 0 aliphatic heterocycles. The van der Waals surface area contributed by atoms with Crippen LogP contribution in [0.3, 0.4) is 0 Å². The predicted octanol–water partition coefficient (Wildman–Crippen LogP) is 4.08. The van der Waals surface area contributed by atoms with E-state index in [-0.39, 0.29) is 11.7 Å². The number of aromatic nitrogens is 1. The molecule has 0 aliphatic rings. The van der Waals surface area contributed by atoms with E-state index in [0.717, 1.165) is 21.1 Å². The molecule has 1 aromatic heterocycles. The van der Waals surface area contributed by atoms with E-state index in [2.05, 4.69) is 27.0 Å². The lowest BCUT2D eigenvalue weighted by atomic mass is 10.0. The third-order valence-corrected chi connectivity index (χ3v) is 3.27. The van der Waals surface area contributed by atoms with Crippen LogP contribution in [0, 0.1) is 0 Å². The Morgan fingerprint density at radius 2 is 2.06 bits per heavy atom. The third-order valence-electron chi connectivity index (χ3n) is 2.77. The summed E-state index contributed by atoms with van der Waals surface area (Å²) in [5, 5.41) is 1.12. The second-order valence-electron chi connectivity index (χ2n) is 4.38. The van der Waals surface area contributed by atoms with Crippen molar-refractivity contribution in [3.63, 3.8) is 0 Å². The van der Waals surface area contributed by atoms with Crippen molar-refractivity contribution in [3.8, 4) is 0 Å². The van der Waals surface area contributed by atoms with Crippen LogP contribution in [0.25, 0.3) is 10.9 Å². The number of ketones is 1. The maximum absolute atomic E-state index is 11.1. The van der Waals surface area contributed by atoms with Crippen molar-refractivity contribution in [3.05, 3.63) is 40.5 Å². The highest BCUT2D eigenvalue weighted by atomic mass is 79.9. The van der Waals surface area contributed by atoms with Gasteiger partial charge in [-0.1, -0.05) is 35.0 Å². The maximum Gasteiger partial charge on any atom is 0.130 e. The van der Waals surface area contributed by atoms with Gasteiger partial charge in [0.1, 0.15) is 5.78 Å². The lowest BCUT2D eigenvalue weighted by Gasteiger charge is -2.09. The first-order chi connectivity index (χ1) is 8.06. The monoisotopic (exact) mass is 291 g/mol. The molecule has 0 aliphatic carbocycles. The summed E-state index contributed by atoms with van der Waals surface area (Å²) in [6.07, 6.45) is 0.548. The lowest BCUT2D eigenvalue weighted by molar-refractivity contribution is -0.117. The Labute approximate surface area is 109 Å². The van der Waals surface area contributed by atoms with Gasteiger partial charge in [0.05, 0.1) is 5.52 Å². The van der Waals surface area contributed by atoms with Gasteiger partial charge < -0.3 is 4.79 Å². The van der Waals surface area contributed by atoms with E-state index in [9.17, 15) is 4.79 Å². The zero-order valence-corrected chi connectivity index (χ0v) is 11.5. The normalized spacial score (nSPS) is 12.6. The zero-order chi connectivity index (χ0) is 12.4. The number of benzene rings is 1. The molecule has 0 spiro atoms. The summed E-state index contributed by atoms with van der Waals surface area (Å²) in [6.45, 7) is 3.65. The Morgan fingerprint density at radius 1 is 1.35 bits per heavy atom. The predicted molar refractivity (Wildman–Crippen MR) is 73.2 cm³/mol. The molecule has 0 N–H and O–H groups in total. The summed E-state index contributed by atoms with van der Waals surface area (Å²) >= 11 is 3.44. The van der Waals surface area contributed by atoms with Crippen molar-refractivity contribution in [1.82, 2.24) is 4.98 Å². The van der Waals surface area contributed by atoms with Crippen LogP contribution in [-0.4, -0.2) is 10.8 Å². The van der Waals surface area contributed by atoms with E-state index in [1.54, 1.807) is 6.92 Å². The molecule has 1 heterocycles. The van der Waals surface area contributed by atoms with Gasteiger partial charge in [0.15, 0.2) is 0 Å². The molecular weight excluding hydrogens is 278 g/mol. The van der Waals surface area contributed by atoms with E-state index >= 15 is 0 Å². The molecule has 2 nitrogen and oxygen atoms in total. The standard InChI is InChI=1S/C14H14BrNO/c1-9(7-10(2)17)13-6-4-11-3-5-12(15)8-14(11)16-13/h3-6,8-9H,7H2,1-2H3/t9-/m0/s1. The molecule has 2 rings (SSSR count). The average Bonchev–Trinajstić information content (AvgIpc) is 2.27. The number of hydrogen-bond donors (Lipinski definition) is 0. The van der Waals surface area contributed by atoms with E-state index in [0.29, 0.717) is 6.42 Å². The molecule has 2 aromatic rings. The summed E-state index contributed by atoms with van der Waals surface area (Å²) < 4.78 is 1.02. The van der Waals surface area contributed by atoms with Gasteiger partial charge in [0, 0.05) is 27.9 Å². The van der Waals surface area contributed by atoms with E-state index in [4.69, 9.17) is 0 Å². The average molecular weight is 292 g/mol. The Hall–Kier alpha value is -1.22. The smallest absolute Gasteiger partial charge is 0.130 e. The first-order valence-corrected chi connectivity index (χ1v) is 6.41. The van der Waals surface area contributed by atoms with Gasteiger partial charge in [-0.2, -0.15) is 0 Å². The number of hydrogen-bond acceptors (Lipinski definition) is 2. The van der Waals surface area contributed by atoms with Gasteiger partial charge in [0.25, 0.3) is 0 Å². The van der Waals surface area contributed by atoms with Crippen molar-refractivity contribution in [2.24, 2.45) is 0 Å². The number of rotatable bonds is 3. The molecule has 0 unspecified atom stereocenters. The van der Waals surface area contributed by atoms with Crippen molar-refractivity contribution >= 4 is 32.6 Å². The molecule has 88 valence electrons. The fourth-order valence-electron chi connectivity index (χ4n) is 1.92. The maximum atomic E-state index is 11.1. The highest BCUT2D eigenvalue weighted by Gasteiger charge is 2.10. The van der Waals surface area contributed by atoms with Crippen molar-refractivity contribution in [1.29, 1.82) is 0 Å². The number of carbonyl (C=O) groups excluding carboxylic acids is 1. The van der Waals surface area contributed by atoms with Crippen LogP contribution in [0.2, 0.25) is 0 Å². The minimum Gasteiger partial charge on any atom is -0.300 e. The number of nitrogens with zero attached hydrogens (tertiary/aromatic N) is 1. The highest BCUT2D eigenvalue weighted by molar-refractivity contribution is 9.10. The third kappa shape index (κ3) is 2.91. The molecule has 0 fully saturated rings. The van der Waals surface area contributed by atoms with Crippen LogP contribution >= 0.6 is 15.9 Å². The highest BCUT2D eigenvalue weighted by Crippen LogP contribution is 2.23. The van der Waals surface area contributed by atoms with Crippen LogP contribution in [0.5, 0.6) is 0 Å². The number of pyridine rings is 1. The molecule has 1 atom stereocenters. The van der Waals surface area contributed by atoms with Gasteiger partial charge in [-0.05, 0) is 25.1 Å². The van der Waals surface area contributed by atoms with Crippen LogP contribution in [0.1, 0.15) is 31.9 Å². The Morgan fingerprint density at radius 3 is 2.76 bits per heavy atom. The molecular formula is C14H14BrNO. The molecule has 0 amide bonds. The molecule has 0 bridgehead atoms. The van der Waals surface area contributed by atoms with Crippen LogP contribution in [-0.2, 0) is 4.79 Å². The zero-order valence-electron chi connectivity index (χ0n) is 9.90. The van der Waals surface area contributed by atoms with Gasteiger partial charge in [-0.3, -0.25) is 4.98 Å². The van der Waals surface area contributed by atoms with Gasteiger partial charge in [0.2, 0.25) is 0 Å². The van der Waals surface area contributed by atoms with Gasteiger partial charge >= 0.3 is 0 Å². The van der Waals surface area contributed by atoms with Crippen molar-refractivity contribution < 1.29 is 4.79 Å². The second-order valence-corrected chi connectivity index (χ2v) is 5.30. The van der Waals surface area contributed by atoms with Crippen LogP contribution in [0.4, 0.5) is 0 Å². The summed E-state index contributed by atoms with van der Waals surface area (Å²) in [4.78, 5) is 15.7. The van der Waals surface area contributed by atoms with E-state index in [1.807, 2.05) is 31.2 Å². The van der Waals surface area contributed by atoms with Crippen molar-refractivity contribution in [2.45, 2.75) is 26.2 Å². The minimum atomic E-state index is 0.177. The number of Topliss-reactive ketones (excluding diaryl/α,β-unsaturated/α-hetero) is 1. The Bertz CT molecular complexity index is 565. The summed E-state index contributed by atoms with van der Waals surface area (Å²) in [7, 11) is 0. The molecule has 3 heteroatoms.